The smallest absolute Gasteiger partial charge is 0.259 e. The second-order valence-corrected chi connectivity index (χ2v) is 6.92. The van der Waals surface area contributed by atoms with Crippen LogP contribution < -0.4 is 15.0 Å². The Hall–Kier alpha value is -3.60. The van der Waals surface area contributed by atoms with Crippen LogP contribution in [0.1, 0.15) is 21.5 Å². The van der Waals surface area contributed by atoms with Crippen LogP contribution in [0, 0.1) is 0 Å². The van der Waals surface area contributed by atoms with Crippen LogP contribution in [0.4, 0.5) is 5.69 Å². The summed E-state index contributed by atoms with van der Waals surface area (Å²) in [5.74, 6) is 0.365. The van der Waals surface area contributed by atoms with Crippen LogP contribution in [0.15, 0.2) is 78.9 Å². The molecule has 1 atom stereocenters. The second kappa shape index (κ2) is 8.19. The minimum Gasteiger partial charge on any atom is -0.496 e. The van der Waals surface area contributed by atoms with Crippen molar-refractivity contribution < 1.29 is 14.3 Å². The molecule has 0 saturated heterocycles. The molecular formula is C24H22N2O3. The van der Waals surface area contributed by atoms with Crippen molar-refractivity contribution in [2.24, 2.45) is 0 Å². The van der Waals surface area contributed by atoms with Crippen molar-refractivity contribution in [3.05, 3.63) is 95.6 Å². The molecule has 3 aromatic carbocycles. The van der Waals surface area contributed by atoms with Gasteiger partial charge >= 0.3 is 0 Å². The van der Waals surface area contributed by atoms with Gasteiger partial charge in [0.2, 0.25) is 5.91 Å². The Morgan fingerprint density at radius 2 is 1.66 bits per heavy atom. The predicted molar refractivity (Wildman–Crippen MR) is 112 cm³/mol. The third-order valence-electron chi connectivity index (χ3n) is 5.16. The average Bonchev–Trinajstić information content (AvgIpc) is 3.17. The lowest BCUT2D eigenvalue weighted by molar-refractivity contribution is -0.122. The lowest BCUT2D eigenvalue weighted by Crippen LogP contribution is -2.48. The zero-order valence-corrected chi connectivity index (χ0v) is 16.2. The van der Waals surface area contributed by atoms with E-state index in [0.29, 0.717) is 18.5 Å². The normalized spacial score (nSPS) is 14.9. The van der Waals surface area contributed by atoms with E-state index in [4.69, 9.17) is 4.74 Å². The largest absolute Gasteiger partial charge is 0.496 e. The lowest BCUT2D eigenvalue weighted by atomic mass is 10.1. The topological polar surface area (TPSA) is 58.6 Å². The number of ether oxygens (including phenoxy) is 1. The molecule has 0 unspecified atom stereocenters. The summed E-state index contributed by atoms with van der Waals surface area (Å²) in [5.41, 5.74) is 3.24. The first-order valence-corrected chi connectivity index (χ1v) is 9.55. The summed E-state index contributed by atoms with van der Waals surface area (Å²) in [6.07, 6.45) is 0.493. The number of hydrogen-bond donors (Lipinski definition) is 1. The number of nitrogens with zero attached hydrogens (tertiary/aromatic N) is 1. The number of anilines is 1. The fraction of sp³-hybridized carbons (Fsp3) is 0.167. The van der Waals surface area contributed by atoms with Gasteiger partial charge in [-0.2, -0.15) is 0 Å². The van der Waals surface area contributed by atoms with Gasteiger partial charge in [-0.3, -0.25) is 14.5 Å². The van der Waals surface area contributed by atoms with Gasteiger partial charge in [0, 0.05) is 29.8 Å². The number of amides is 2. The third-order valence-corrected chi connectivity index (χ3v) is 5.16. The number of nitrogens with one attached hydrogen (secondary N) is 1. The fourth-order valence-electron chi connectivity index (χ4n) is 3.72. The Labute approximate surface area is 169 Å². The molecule has 1 aliphatic rings. The molecule has 146 valence electrons. The van der Waals surface area contributed by atoms with E-state index in [1.165, 1.54) is 0 Å². The Morgan fingerprint density at radius 1 is 0.966 bits per heavy atom. The minimum absolute atomic E-state index is 0.173. The van der Waals surface area contributed by atoms with Gasteiger partial charge in [0.25, 0.3) is 5.91 Å². The van der Waals surface area contributed by atoms with Gasteiger partial charge in [0.05, 0.1) is 7.11 Å². The number of carbonyl (C=O) groups is 2. The molecule has 1 heterocycles. The molecule has 5 nitrogen and oxygen atoms in total. The number of para-hydroxylation sites is 2. The Balaban J connectivity index is 1.58. The number of methoxy groups -OCH3 is 1. The van der Waals surface area contributed by atoms with Crippen molar-refractivity contribution in [1.82, 2.24) is 5.32 Å². The molecule has 4 rings (SSSR count). The van der Waals surface area contributed by atoms with Crippen LogP contribution in [0.5, 0.6) is 5.75 Å². The first kappa shape index (κ1) is 18.7. The van der Waals surface area contributed by atoms with Crippen molar-refractivity contribution in [1.29, 1.82) is 0 Å². The van der Waals surface area contributed by atoms with Crippen molar-refractivity contribution in [3.8, 4) is 5.75 Å². The molecule has 5 heteroatoms. The first-order valence-electron chi connectivity index (χ1n) is 9.55. The van der Waals surface area contributed by atoms with Crippen LogP contribution in [0.2, 0.25) is 0 Å². The maximum atomic E-state index is 13.2. The number of benzene rings is 3. The fourth-order valence-corrected chi connectivity index (χ4v) is 3.72. The molecule has 1 aliphatic heterocycles. The van der Waals surface area contributed by atoms with E-state index < -0.39 is 6.04 Å². The summed E-state index contributed by atoms with van der Waals surface area (Å²) in [5, 5.41) is 2.97. The molecule has 0 aliphatic carbocycles. The maximum Gasteiger partial charge on any atom is 0.259 e. The summed E-state index contributed by atoms with van der Waals surface area (Å²) in [6.45, 7) is 0.336. The lowest BCUT2D eigenvalue weighted by Gasteiger charge is -2.25. The van der Waals surface area contributed by atoms with E-state index >= 15 is 0 Å². The number of fused-ring (bicyclic) bond motifs is 1. The zero-order chi connectivity index (χ0) is 20.2. The van der Waals surface area contributed by atoms with E-state index in [-0.39, 0.29) is 11.8 Å². The van der Waals surface area contributed by atoms with E-state index in [9.17, 15) is 9.59 Å². The minimum atomic E-state index is -0.588. The highest BCUT2D eigenvalue weighted by atomic mass is 16.5. The molecule has 0 aromatic heterocycles. The Kier molecular flexibility index (Phi) is 5.29. The zero-order valence-electron chi connectivity index (χ0n) is 16.2. The summed E-state index contributed by atoms with van der Waals surface area (Å²) >= 11 is 0. The van der Waals surface area contributed by atoms with Crippen LogP contribution in [0.3, 0.4) is 0 Å². The molecule has 1 N–H and O–H groups in total. The van der Waals surface area contributed by atoms with E-state index in [1.807, 2.05) is 66.7 Å². The Bertz CT molecular complexity index is 1030. The van der Waals surface area contributed by atoms with Crippen molar-refractivity contribution in [2.75, 3.05) is 12.0 Å². The summed E-state index contributed by atoms with van der Waals surface area (Å²) in [6, 6.07) is 23.7. The molecule has 29 heavy (non-hydrogen) atoms. The summed E-state index contributed by atoms with van der Waals surface area (Å²) in [7, 11) is 1.61. The van der Waals surface area contributed by atoms with Gasteiger partial charge in [-0.25, -0.2) is 0 Å². The van der Waals surface area contributed by atoms with Gasteiger partial charge in [-0.1, -0.05) is 54.6 Å². The quantitative estimate of drug-likeness (QED) is 0.729. The van der Waals surface area contributed by atoms with Gasteiger partial charge in [-0.15, -0.1) is 0 Å². The Morgan fingerprint density at radius 3 is 2.45 bits per heavy atom. The monoisotopic (exact) mass is 386 g/mol. The van der Waals surface area contributed by atoms with Crippen LogP contribution in [-0.2, 0) is 17.8 Å². The van der Waals surface area contributed by atoms with Crippen LogP contribution in [-0.4, -0.2) is 25.0 Å². The number of carbonyl (C=O) groups excluding carboxylic acids is 2. The highest BCUT2D eigenvalue weighted by molar-refractivity contribution is 6.11. The summed E-state index contributed by atoms with van der Waals surface area (Å²) in [4.78, 5) is 27.9. The van der Waals surface area contributed by atoms with E-state index in [1.54, 1.807) is 24.1 Å². The van der Waals surface area contributed by atoms with E-state index in [2.05, 4.69) is 5.32 Å². The molecular weight excluding hydrogens is 364 g/mol. The molecule has 2 amide bonds. The first-order chi connectivity index (χ1) is 14.2. The summed E-state index contributed by atoms with van der Waals surface area (Å²) < 4.78 is 5.36. The van der Waals surface area contributed by atoms with Crippen LogP contribution in [0.25, 0.3) is 0 Å². The molecule has 0 spiro atoms. The average molecular weight is 386 g/mol. The third kappa shape index (κ3) is 3.72. The SMILES string of the molecule is COc1ccccc1CNC(=O)[C@H]1Cc2ccccc2N1C(=O)c1ccccc1. The van der Waals surface area contributed by atoms with Crippen molar-refractivity contribution in [3.63, 3.8) is 0 Å². The van der Waals surface area contributed by atoms with Gasteiger partial charge in [-0.05, 0) is 29.8 Å². The molecule has 0 saturated carbocycles. The van der Waals surface area contributed by atoms with Crippen molar-refractivity contribution >= 4 is 17.5 Å². The second-order valence-electron chi connectivity index (χ2n) is 6.92. The predicted octanol–water partition coefficient (Wildman–Crippen LogP) is 3.58. The highest BCUT2D eigenvalue weighted by Crippen LogP contribution is 2.33. The van der Waals surface area contributed by atoms with Gasteiger partial charge in [0.15, 0.2) is 0 Å². The number of hydrogen-bond acceptors (Lipinski definition) is 3. The van der Waals surface area contributed by atoms with Crippen molar-refractivity contribution in [2.45, 2.75) is 19.0 Å². The van der Waals surface area contributed by atoms with Gasteiger partial charge < -0.3 is 10.1 Å². The molecule has 3 aromatic rings. The van der Waals surface area contributed by atoms with E-state index in [0.717, 1.165) is 22.6 Å². The molecule has 0 fully saturated rings. The number of rotatable bonds is 5. The maximum absolute atomic E-state index is 13.2. The van der Waals surface area contributed by atoms with Gasteiger partial charge in [0.1, 0.15) is 11.8 Å². The molecule has 0 radical (unpaired) electrons. The molecule has 0 bridgehead atoms. The van der Waals surface area contributed by atoms with Crippen LogP contribution >= 0.6 is 0 Å². The highest BCUT2D eigenvalue weighted by Gasteiger charge is 2.38. The standard InChI is InChI=1S/C24H22N2O3/c1-29-22-14-8-6-12-19(22)16-25-23(27)21-15-18-11-5-7-13-20(18)26(21)24(28)17-9-3-2-4-10-17/h2-14,21H,15-16H2,1H3,(H,25,27)/t21-/m1/s1.